The van der Waals surface area contributed by atoms with Crippen LogP contribution >= 0.6 is 0 Å². The summed E-state index contributed by atoms with van der Waals surface area (Å²) in [5, 5.41) is 12.3. The zero-order chi connectivity index (χ0) is 17.2. The monoisotopic (exact) mass is 328 g/mol. The highest BCUT2D eigenvalue weighted by Gasteiger charge is 2.36. The van der Waals surface area contributed by atoms with Crippen molar-refractivity contribution < 1.29 is 32.6 Å². The first-order valence-corrected chi connectivity index (χ1v) is 6.42. The lowest BCUT2D eigenvalue weighted by molar-refractivity contribution is -0.141. The Morgan fingerprint density at radius 2 is 2.00 bits per heavy atom. The number of aromatic nitrogens is 2. The second kappa shape index (κ2) is 6.11. The van der Waals surface area contributed by atoms with Gasteiger partial charge in [0.05, 0.1) is 17.9 Å². The summed E-state index contributed by atoms with van der Waals surface area (Å²) in [6.07, 6.45) is -4.75. The van der Waals surface area contributed by atoms with Gasteiger partial charge in [-0.15, -0.1) is 0 Å². The Bertz CT molecular complexity index is 753. The Morgan fingerprint density at radius 1 is 1.30 bits per heavy atom. The first kappa shape index (κ1) is 16.5. The molecule has 0 amide bonds. The number of esters is 1. The van der Waals surface area contributed by atoms with Crippen LogP contribution in [-0.2, 0) is 10.9 Å². The molecule has 2 rings (SSSR count). The number of ether oxygens (including phenoxy) is 1. The van der Waals surface area contributed by atoms with E-state index in [4.69, 9.17) is 9.84 Å². The number of alkyl halides is 3. The molecule has 0 unspecified atom stereocenters. The number of hydrogen-bond acceptors (Lipinski definition) is 4. The van der Waals surface area contributed by atoms with Crippen LogP contribution in [-0.4, -0.2) is 33.4 Å². The van der Waals surface area contributed by atoms with Crippen LogP contribution in [0.5, 0.6) is 0 Å². The minimum atomic E-state index is -4.75. The molecule has 0 radical (unpaired) electrons. The van der Waals surface area contributed by atoms with E-state index in [0.717, 1.165) is 6.07 Å². The van der Waals surface area contributed by atoms with Crippen molar-refractivity contribution >= 4 is 11.9 Å². The molecule has 1 N–H and O–H groups in total. The predicted octanol–water partition coefficient (Wildman–Crippen LogP) is 2.77. The van der Waals surface area contributed by atoms with Crippen LogP contribution in [0.15, 0.2) is 30.3 Å². The molecule has 122 valence electrons. The molecular formula is C14H11F3N2O4. The molecule has 1 heterocycles. The van der Waals surface area contributed by atoms with Crippen molar-refractivity contribution in [2.45, 2.75) is 13.1 Å². The lowest BCUT2D eigenvalue weighted by atomic mass is 10.2. The molecule has 1 aromatic carbocycles. The fraction of sp³-hybridized carbons (Fsp3) is 0.214. The molecule has 2 aromatic rings. The molecule has 0 bridgehead atoms. The molecule has 0 fully saturated rings. The number of benzene rings is 1. The molecular weight excluding hydrogens is 317 g/mol. The van der Waals surface area contributed by atoms with E-state index in [1.165, 1.54) is 25.1 Å². The zero-order valence-electron chi connectivity index (χ0n) is 11.8. The third kappa shape index (κ3) is 3.50. The molecule has 23 heavy (non-hydrogen) atoms. The molecule has 0 aliphatic heterocycles. The van der Waals surface area contributed by atoms with E-state index in [-0.39, 0.29) is 17.9 Å². The van der Waals surface area contributed by atoms with Gasteiger partial charge in [-0.3, -0.25) is 0 Å². The number of rotatable bonds is 4. The summed E-state index contributed by atoms with van der Waals surface area (Å²) >= 11 is 0. The topological polar surface area (TPSA) is 81.4 Å². The molecule has 9 heteroatoms. The van der Waals surface area contributed by atoms with Gasteiger partial charge in [-0.1, -0.05) is 6.07 Å². The standard InChI is InChI=1S/C14H11F3N2O4/c1-2-23-13(22)10-7-11(14(15,16)17)18-19(10)9-5-3-4-8(6-9)12(20)21/h3-7H,2H2,1H3,(H,20,21). The number of aromatic carboxylic acids is 1. The van der Waals surface area contributed by atoms with E-state index in [1.807, 2.05) is 0 Å². The van der Waals surface area contributed by atoms with Gasteiger partial charge in [-0.25, -0.2) is 14.3 Å². The number of nitrogens with zero attached hydrogens (tertiary/aromatic N) is 2. The number of halogens is 3. The average molecular weight is 328 g/mol. The van der Waals surface area contributed by atoms with Crippen LogP contribution in [0.25, 0.3) is 5.69 Å². The molecule has 6 nitrogen and oxygen atoms in total. The summed E-state index contributed by atoms with van der Waals surface area (Å²) in [5.74, 6) is -2.25. The van der Waals surface area contributed by atoms with E-state index < -0.39 is 29.5 Å². The van der Waals surface area contributed by atoms with Crippen molar-refractivity contribution in [3.8, 4) is 5.69 Å². The average Bonchev–Trinajstić information content (AvgIpc) is 2.93. The Morgan fingerprint density at radius 3 is 2.57 bits per heavy atom. The largest absolute Gasteiger partial charge is 0.478 e. The normalized spacial score (nSPS) is 11.3. The molecule has 1 aromatic heterocycles. The highest BCUT2D eigenvalue weighted by molar-refractivity contribution is 5.90. The maximum Gasteiger partial charge on any atom is 0.435 e. The summed E-state index contributed by atoms with van der Waals surface area (Å²) < 4.78 is 43.9. The number of hydrogen-bond donors (Lipinski definition) is 1. The van der Waals surface area contributed by atoms with Crippen molar-refractivity contribution in [3.63, 3.8) is 0 Å². The van der Waals surface area contributed by atoms with Crippen molar-refractivity contribution in [1.82, 2.24) is 9.78 Å². The van der Waals surface area contributed by atoms with Crippen LogP contribution in [0.3, 0.4) is 0 Å². The van der Waals surface area contributed by atoms with E-state index in [2.05, 4.69) is 5.10 Å². The molecule has 0 saturated heterocycles. The maximum atomic E-state index is 12.8. The van der Waals surface area contributed by atoms with Crippen LogP contribution in [0, 0.1) is 0 Å². The van der Waals surface area contributed by atoms with Gasteiger partial charge in [-0.05, 0) is 25.1 Å². The molecule has 0 atom stereocenters. The van der Waals surface area contributed by atoms with Crippen molar-refractivity contribution in [3.05, 3.63) is 47.3 Å². The highest BCUT2D eigenvalue weighted by atomic mass is 19.4. The summed E-state index contributed by atoms with van der Waals surface area (Å²) in [7, 11) is 0. The van der Waals surface area contributed by atoms with Gasteiger partial charge < -0.3 is 9.84 Å². The van der Waals surface area contributed by atoms with Crippen molar-refractivity contribution in [2.24, 2.45) is 0 Å². The van der Waals surface area contributed by atoms with E-state index in [1.54, 1.807) is 0 Å². The SMILES string of the molecule is CCOC(=O)c1cc(C(F)(F)F)nn1-c1cccc(C(=O)O)c1. The number of carboxylic acid groups (broad SMARTS) is 1. The van der Waals surface area contributed by atoms with Gasteiger partial charge >= 0.3 is 18.1 Å². The Balaban J connectivity index is 2.60. The third-order valence-electron chi connectivity index (χ3n) is 2.82. The van der Waals surface area contributed by atoms with E-state index in [0.29, 0.717) is 10.7 Å². The smallest absolute Gasteiger partial charge is 0.435 e. The highest BCUT2D eigenvalue weighted by Crippen LogP contribution is 2.30. The Labute approximate surface area is 128 Å². The van der Waals surface area contributed by atoms with Crippen LogP contribution in [0.1, 0.15) is 33.5 Å². The Hall–Kier alpha value is -2.84. The summed E-state index contributed by atoms with van der Waals surface area (Å²) in [6, 6.07) is 5.61. The van der Waals surface area contributed by atoms with Gasteiger partial charge in [0.25, 0.3) is 0 Å². The summed E-state index contributed by atoms with van der Waals surface area (Å²) in [6.45, 7) is 1.48. The molecule has 0 aliphatic rings. The summed E-state index contributed by atoms with van der Waals surface area (Å²) in [4.78, 5) is 22.8. The lowest BCUT2D eigenvalue weighted by Gasteiger charge is -2.07. The van der Waals surface area contributed by atoms with Gasteiger partial charge in [0.2, 0.25) is 0 Å². The third-order valence-corrected chi connectivity index (χ3v) is 2.82. The minimum absolute atomic E-state index is 0.00320. The minimum Gasteiger partial charge on any atom is -0.478 e. The van der Waals surface area contributed by atoms with Crippen molar-refractivity contribution in [1.29, 1.82) is 0 Å². The van der Waals surface area contributed by atoms with Gasteiger partial charge in [0, 0.05) is 6.07 Å². The van der Waals surface area contributed by atoms with Crippen LogP contribution in [0.4, 0.5) is 13.2 Å². The second-order valence-electron chi connectivity index (χ2n) is 4.40. The summed E-state index contributed by atoms with van der Waals surface area (Å²) in [5.41, 5.74) is -1.87. The van der Waals surface area contributed by atoms with E-state index in [9.17, 15) is 22.8 Å². The van der Waals surface area contributed by atoms with Gasteiger partial charge in [0.1, 0.15) is 0 Å². The quantitative estimate of drug-likeness (QED) is 0.873. The molecule has 0 spiro atoms. The zero-order valence-corrected chi connectivity index (χ0v) is 11.8. The number of carbonyl (C=O) groups is 2. The van der Waals surface area contributed by atoms with E-state index >= 15 is 0 Å². The second-order valence-corrected chi connectivity index (χ2v) is 4.40. The predicted molar refractivity (Wildman–Crippen MR) is 71.5 cm³/mol. The molecule has 0 saturated carbocycles. The van der Waals surface area contributed by atoms with Crippen LogP contribution < -0.4 is 0 Å². The Kier molecular flexibility index (Phi) is 4.39. The van der Waals surface area contributed by atoms with Crippen molar-refractivity contribution in [2.75, 3.05) is 6.61 Å². The first-order valence-electron chi connectivity index (χ1n) is 6.42. The maximum absolute atomic E-state index is 12.8. The molecule has 0 aliphatic carbocycles. The fourth-order valence-corrected chi connectivity index (χ4v) is 1.84. The lowest BCUT2D eigenvalue weighted by Crippen LogP contribution is -2.12. The first-order chi connectivity index (χ1) is 10.7. The number of carboxylic acids is 1. The van der Waals surface area contributed by atoms with Crippen LogP contribution in [0.2, 0.25) is 0 Å². The van der Waals surface area contributed by atoms with Gasteiger partial charge in [0.15, 0.2) is 11.4 Å². The van der Waals surface area contributed by atoms with Gasteiger partial charge in [-0.2, -0.15) is 18.3 Å². The fourth-order valence-electron chi connectivity index (χ4n) is 1.84. The number of carbonyl (C=O) groups excluding carboxylic acids is 1.